The van der Waals surface area contributed by atoms with Crippen LogP contribution >= 0.6 is 0 Å². The standard InChI is InChI=1S/C33H34N4O3/c1-33(2,3)23-11-13-24(14-12-23)40-25-9-6-8-22(17-25)27-18-28(38)29(32(39)31(27)37-20-34-19-36-37)30-26-10-5-4-7-21(26)15-16-35-30/h4-14,17,19-20,27,29-31,35H,15-16,18H2,1-3H3/t27-,29-,30-,31+/m0/s1. The van der Waals surface area contributed by atoms with Gasteiger partial charge >= 0.3 is 0 Å². The van der Waals surface area contributed by atoms with Crippen molar-refractivity contribution in [3.63, 3.8) is 0 Å². The van der Waals surface area contributed by atoms with Gasteiger partial charge in [0.05, 0.1) is 5.92 Å². The quantitative estimate of drug-likeness (QED) is 0.329. The minimum absolute atomic E-state index is 0.0512. The van der Waals surface area contributed by atoms with Crippen LogP contribution in [-0.2, 0) is 21.4 Å². The van der Waals surface area contributed by atoms with Crippen molar-refractivity contribution in [2.45, 2.75) is 57.0 Å². The van der Waals surface area contributed by atoms with Gasteiger partial charge in [0.1, 0.15) is 36.0 Å². The van der Waals surface area contributed by atoms with Crippen LogP contribution in [0.1, 0.15) is 67.4 Å². The molecule has 4 aromatic rings. The summed E-state index contributed by atoms with van der Waals surface area (Å²) in [4.78, 5) is 32.1. The van der Waals surface area contributed by atoms with E-state index in [1.54, 1.807) is 11.0 Å². The molecule has 1 aliphatic heterocycles. The van der Waals surface area contributed by atoms with Crippen molar-refractivity contribution >= 4 is 11.6 Å². The number of ether oxygens (including phenoxy) is 1. The molecule has 4 atom stereocenters. The number of aromatic nitrogens is 3. The van der Waals surface area contributed by atoms with E-state index in [4.69, 9.17) is 4.74 Å². The van der Waals surface area contributed by atoms with Crippen molar-refractivity contribution in [3.05, 3.63) is 108 Å². The first-order chi connectivity index (χ1) is 19.3. The Balaban J connectivity index is 1.31. The van der Waals surface area contributed by atoms with E-state index in [0.29, 0.717) is 5.75 Å². The van der Waals surface area contributed by atoms with E-state index < -0.39 is 12.0 Å². The predicted molar refractivity (Wildman–Crippen MR) is 152 cm³/mol. The fraction of sp³-hybridized carbons (Fsp3) is 0.333. The maximum atomic E-state index is 14.2. The normalized spacial score (nSPS) is 23.1. The van der Waals surface area contributed by atoms with Gasteiger partial charge in [0.2, 0.25) is 0 Å². The molecule has 7 heteroatoms. The van der Waals surface area contributed by atoms with E-state index in [1.165, 1.54) is 17.5 Å². The second-order valence-corrected chi connectivity index (χ2v) is 11.8. The van der Waals surface area contributed by atoms with Crippen molar-refractivity contribution in [1.29, 1.82) is 0 Å². The maximum absolute atomic E-state index is 14.2. The van der Waals surface area contributed by atoms with Crippen LogP contribution in [0.5, 0.6) is 11.5 Å². The van der Waals surface area contributed by atoms with Gasteiger partial charge in [-0.2, -0.15) is 5.10 Å². The Morgan fingerprint density at radius 3 is 2.50 bits per heavy atom. The van der Waals surface area contributed by atoms with Crippen LogP contribution in [0.2, 0.25) is 0 Å². The monoisotopic (exact) mass is 534 g/mol. The number of hydrogen-bond acceptors (Lipinski definition) is 6. The second kappa shape index (κ2) is 10.5. The fourth-order valence-corrected chi connectivity index (χ4v) is 6.13. The summed E-state index contributed by atoms with van der Waals surface area (Å²) in [5.41, 5.74) is 4.37. The molecule has 6 rings (SSSR count). The van der Waals surface area contributed by atoms with Crippen molar-refractivity contribution in [1.82, 2.24) is 20.1 Å². The summed E-state index contributed by atoms with van der Waals surface area (Å²) in [6.45, 7) is 7.27. The van der Waals surface area contributed by atoms with Gasteiger partial charge in [0.15, 0.2) is 5.78 Å². The zero-order valence-electron chi connectivity index (χ0n) is 23.1. The Morgan fingerprint density at radius 2 is 1.75 bits per heavy atom. The first-order valence-electron chi connectivity index (χ1n) is 13.9. The lowest BCUT2D eigenvalue weighted by atomic mass is 9.69. The molecule has 0 saturated heterocycles. The lowest BCUT2D eigenvalue weighted by Gasteiger charge is -2.39. The molecule has 1 N–H and O–H groups in total. The third kappa shape index (κ3) is 4.97. The van der Waals surface area contributed by atoms with E-state index in [-0.39, 0.29) is 35.4 Å². The highest BCUT2D eigenvalue weighted by Crippen LogP contribution is 2.44. The van der Waals surface area contributed by atoms with Gasteiger partial charge in [-0.1, -0.05) is 69.3 Å². The SMILES string of the molecule is CC(C)(C)c1ccc(Oc2cccc([C@@H]3CC(=O)[C@@H]([C@H]4NCCc5ccccc54)C(=O)[C@@H]3n3cncn3)c2)cc1. The zero-order valence-corrected chi connectivity index (χ0v) is 23.1. The van der Waals surface area contributed by atoms with Crippen molar-refractivity contribution < 1.29 is 14.3 Å². The third-order valence-corrected chi connectivity index (χ3v) is 8.19. The number of nitrogens with one attached hydrogen (secondary N) is 1. The largest absolute Gasteiger partial charge is 0.457 e. The van der Waals surface area contributed by atoms with Gasteiger partial charge in [-0.15, -0.1) is 0 Å². The highest BCUT2D eigenvalue weighted by Gasteiger charge is 2.49. The predicted octanol–water partition coefficient (Wildman–Crippen LogP) is 5.74. The summed E-state index contributed by atoms with van der Waals surface area (Å²) >= 11 is 0. The molecule has 0 radical (unpaired) electrons. The number of benzene rings is 3. The molecule has 2 aliphatic rings. The number of carbonyl (C=O) groups is 2. The molecule has 1 saturated carbocycles. The first kappa shape index (κ1) is 26.1. The van der Waals surface area contributed by atoms with Gasteiger partial charge in [-0.3, -0.25) is 9.59 Å². The Hall–Kier alpha value is -4.10. The molecule has 1 fully saturated rings. The summed E-state index contributed by atoms with van der Waals surface area (Å²) < 4.78 is 7.81. The average molecular weight is 535 g/mol. The fourth-order valence-electron chi connectivity index (χ4n) is 6.13. The summed E-state index contributed by atoms with van der Waals surface area (Å²) in [7, 11) is 0. The number of ketones is 2. The number of carbonyl (C=O) groups excluding carboxylic acids is 2. The van der Waals surface area contributed by atoms with Crippen LogP contribution in [-0.4, -0.2) is 32.9 Å². The first-order valence-corrected chi connectivity index (χ1v) is 13.9. The molecule has 204 valence electrons. The third-order valence-electron chi connectivity index (χ3n) is 8.19. The molecule has 40 heavy (non-hydrogen) atoms. The number of nitrogens with zero attached hydrogens (tertiary/aromatic N) is 3. The molecule has 0 amide bonds. The summed E-state index contributed by atoms with van der Waals surface area (Å²) in [5, 5.41) is 7.82. The highest BCUT2D eigenvalue weighted by molar-refractivity contribution is 6.08. The minimum Gasteiger partial charge on any atom is -0.457 e. The van der Waals surface area contributed by atoms with Crippen LogP contribution < -0.4 is 10.1 Å². The second-order valence-electron chi connectivity index (χ2n) is 11.8. The smallest absolute Gasteiger partial charge is 0.170 e. The van der Waals surface area contributed by atoms with E-state index in [1.807, 2.05) is 54.6 Å². The Morgan fingerprint density at radius 1 is 0.950 bits per heavy atom. The van der Waals surface area contributed by atoms with Crippen LogP contribution in [0.25, 0.3) is 0 Å². The Bertz CT molecular complexity index is 1520. The van der Waals surface area contributed by atoms with Gasteiger partial charge in [0.25, 0.3) is 0 Å². The van der Waals surface area contributed by atoms with Gasteiger partial charge < -0.3 is 10.1 Å². The molecule has 7 nitrogen and oxygen atoms in total. The molecule has 1 aliphatic carbocycles. The van der Waals surface area contributed by atoms with Crippen molar-refractivity contribution in [3.8, 4) is 11.5 Å². The zero-order chi connectivity index (χ0) is 27.9. The van der Waals surface area contributed by atoms with Crippen LogP contribution in [0.3, 0.4) is 0 Å². The van der Waals surface area contributed by atoms with Crippen LogP contribution in [0, 0.1) is 5.92 Å². The van der Waals surface area contributed by atoms with E-state index in [2.05, 4.69) is 54.4 Å². The minimum atomic E-state index is -0.785. The lowest BCUT2D eigenvalue weighted by molar-refractivity contribution is -0.141. The van der Waals surface area contributed by atoms with Gasteiger partial charge in [-0.25, -0.2) is 9.67 Å². The Labute approximate surface area is 234 Å². The van der Waals surface area contributed by atoms with Crippen molar-refractivity contribution in [2.75, 3.05) is 6.54 Å². The van der Waals surface area contributed by atoms with E-state index in [9.17, 15) is 9.59 Å². The number of rotatable bonds is 5. The molecule has 0 spiro atoms. The van der Waals surface area contributed by atoms with Gasteiger partial charge in [0, 0.05) is 18.4 Å². The van der Waals surface area contributed by atoms with E-state index in [0.717, 1.165) is 29.8 Å². The van der Waals surface area contributed by atoms with Crippen LogP contribution in [0.15, 0.2) is 85.5 Å². The lowest BCUT2D eigenvalue weighted by Crippen LogP contribution is -2.48. The maximum Gasteiger partial charge on any atom is 0.170 e. The Kier molecular flexibility index (Phi) is 6.84. The molecular weight excluding hydrogens is 500 g/mol. The van der Waals surface area contributed by atoms with Crippen molar-refractivity contribution in [2.24, 2.45) is 5.92 Å². The number of fused-ring (bicyclic) bond motifs is 1. The van der Waals surface area contributed by atoms with Gasteiger partial charge in [-0.05, 0) is 64.9 Å². The summed E-state index contributed by atoms with van der Waals surface area (Å²) in [5.74, 6) is 0.0325. The average Bonchev–Trinajstić information content (AvgIpc) is 3.47. The molecular formula is C33H34N4O3. The molecule has 2 heterocycles. The summed E-state index contributed by atoms with van der Waals surface area (Å²) in [6.07, 6.45) is 4.11. The topological polar surface area (TPSA) is 86.1 Å². The number of hydrogen-bond donors (Lipinski definition) is 1. The van der Waals surface area contributed by atoms with E-state index >= 15 is 0 Å². The molecule has 1 aromatic heterocycles. The highest BCUT2D eigenvalue weighted by atomic mass is 16.5. The number of Topliss-reactive ketones (excluding diaryl/α,β-unsaturated/α-hetero) is 2. The molecule has 0 unspecified atom stereocenters. The molecule has 3 aromatic carbocycles. The van der Waals surface area contributed by atoms with Crippen LogP contribution in [0.4, 0.5) is 0 Å². The molecule has 0 bridgehead atoms. The summed E-state index contributed by atoms with van der Waals surface area (Å²) in [6, 6.07) is 22.9.